The van der Waals surface area contributed by atoms with Crippen LogP contribution < -0.4 is 4.72 Å². The summed E-state index contributed by atoms with van der Waals surface area (Å²) in [4.78, 5) is 35.7. The van der Waals surface area contributed by atoms with E-state index in [4.69, 9.17) is 4.74 Å². The molecule has 8 nitrogen and oxygen atoms in total. The van der Waals surface area contributed by atoms with Crippen LogP contribution in [-0.2, 0) is 24.3 Å². The molecule has 130 valence electrons. The predicted octanol–water partition coefficient (Wildman–Crippen LogP) is 0.0396. The summed E-state index contributed by atoms with van der Waals surface area (Å²) in [6.07, 6.45) is 0.787. The van der Waals surface area contributed by atoms with Gasteiger partial charge in [-0.25, -0.2) is 22.3 Å². The van der Waals surface area contributed by atoms with Crippen LogP contribution in [0.3, 0.4) is 0 Å². The molecule has 1 aliphatic rings. The monoisotopic (exact) mass is 358 g/mol. The lowest BCUT2D eigenvalue weighted by Crippen LogP contribution is -2.35. The van der Waals surface area contributed by atoms with E-state index in [1.807, 2.05) is 4.72 Å². The topological polar surface area (TPSA) is 110 Å². The Morgan fingerprint density at radius 3 is 2.67 bits per heavy atom. The van der Waals surface area contributed by atoms with Crippen molar-refractivity contribution < 1.29 is 31.9 Å². The van der Waals surface area contributed by atoms with Gasteiger partial charge in [-0.1, -0.05) is 0 Å². The van der Waals surface area contributed by atoms with Crippen LogP contribution in [0.25, 0.3) is 0 Å². The summed E-state index contributed by atoms with van der Waals surface area (Å²) in [6, 6.07) is 2.62. The lowest BCUT2D eigenvalue weighted by Gasteiger charge is -2.13. The van der Waals surface area contributed by atoms with Crippen LogP contribution in [0.4, 0.5) is 4.39 Å². The zero-order chi connectivity index (χ0) is 17.9. The van der Waals surface area contributed by atoms with E-state index in [1.54, 1.807) is 0 Å². The van der Waals surface area contributed by atoms with Crippen molar-refractivity contribution in [2.75, 3.05) is 20.2 Å². The van der Waals surface area contributed by atoms with Crippen LogP contribution in [0.15, 0.2) is 23.1 Å². The minimum atomic E-state index is -3.87. The van der Waals surface area contributed by atoms with Crippen LogP contribution in [0.2, 0.25) is 0 Å². The first-order chi connectivity index (χ1) is 11.3. The van der Waals surface area contributed by atoms with Gasteiger partial charge in [-0.2, -0.15) is 0 Å². The number of nitrogens with zero attached hydrogens (tertiary/aromatic N) is 1. The second-order valence-corrected chi connectivity index (χ2v) is 6.85. The SMILES string of the molecule is CNS(=O)(=O)c1ccc(F)c(C(=O)OCC(=O)N2CCCC2=O)c1. The van der Waals surface area contributed by atoms with Gasteiger partial charge in [-0.3, -0.25) is 14.5 Å². The highest BCUT2D eigenvalue weighted by Gasteiger charge is 2.27. The highest BCUT2D eigenvalue weighted by atomic mass is 32.2. The van der Waals surface area contributed by atoms with E-state index in [9.17, 15) is 27.2 Å². The number of benzene rings is 1. The van der Waals surface area contributed by atoms with Crippen LogP contribution >= 0.6 is 0 Å². The van der Waals surface area contributed by atoms with Gasteiger partial charge in [0.1, 0.15) is 5.82 Å². The second kappa shape index (κ2) is 7.05. The van der Waals surface area contributed by atoms with Gasteiger partial charge >= 0.3 is 5.97 Å². The summed E-state index contributed by atoms with van der Waals surface area (Å²) in [7, 11) is -2.70. The van der Waals surface area contributed by atoms with Gasteiger partial charge < -0.3 is 4.74 Å². The Hall–Kier alpha value is -2.33. The van der Waals surface area contributed by atoms with Crippen molar-refractivity contribution in [3.8, 4) is 0 Å². The average Bonchev–Trinajstić information content (AvgIpc) is 2.98. The molecule has 2 rings (SSSR count). The highest BCUT2D eigenvalue weighted by molar-refractivity contribution is 7.89. The third-order valence-electron chi connectivity index (χ3n) is 3.44. The van der Waals surface area contributed by atoms with E-state index in [0.717, 1.165) is 23.1 Å². The lowest BCUT2D eigenvalue weighted by molar-refractivity contribution is -0.143. The number of imide groups is 1. The fraction of sp³-hybridized carbons (Fsp3) is 0.357. The molecule has 0 bridgehead atoms. The Labute approximate surface area is 137 Å². The van der Waals surface area contributed by atoms with Gasteiger partial charge in [0.25, 0.3) is 5.91 Å². The largest absolute Gasteiger partial charge is 0.452 e. The molecule has 0 saturated carbocycles. The molecule has 1 aromatic rings. The maximum Gasteiger partial charge on any atom is 0.341 e. The number of halogens is 1. The fourth-order valence-electron chi connectivity index (χ4n) is 2.14. The molecule has 1 saturated heterocycles. The van der Waals surface area contributed by atoms with Crippen molar-refractivity contribution in [3.05, 3.63) is 29.6 Å². The van der Waals surface area contributed by atoms with E-state index in [1.165, 1.54) is 7.05 Å². The molecule has 1 heterocycles. The molecule has 1 fully saturated rings. The number of amides is 2. The van der Waals surface area contributed by atoms with Crippen molar-refractivity contribution in [3.63, 3.8) is 0 Å². The first-order valence-corrected chi connectivity index (χ1v) is 8.48. The van der Waals surface area contributed by atoms with Gasteiger partial charge in [0, 0.05) is 13.0 Å². The minimum absolute atomic E-state index is 0.248. The number of carbonyl (C=O) groups excluding carboxylic acids is 3. The Morgan fingerprint density at radius 1 is 1.38 bits per heavy atom. The number of rotatable bonds is 5. The first kappa shape index (κ1) is 18.0. The average molecular weight is 358 g/mol. The maximum absolute atomic E-state index is 13.7. The van der Waals surface area contributed by atoms with Gasteiger partial charge in [0.2, 0.25) is 15.9 Å². The number of likely N-dealkylation sites (tertiary alicyclic amines) is 1. The molecule has 24 heavy (non-hydrogen) atoms. The quantitative estimate of drug-likeness (QED) is 0.744. The minimum Gasteiger partial charge on any atom is -0.452 e. The van der Waals surface area contributed by atoms with Crippen molar-refractivity contribution in [1.82, 2.24) is 9.62 Å². The van der Waals surface area contributed by atoms with Gasteiger partial charge in [-0.15, -0.1) is 0 Å². The highest BCUT2D eigenvalue weighted by Crippen LogP contribution is 2.16. The summed E-state index contributed by atoms with van der Waals surface area (Å²) in [6.45, 7) is -0.480. The zero-order valence-corrected chi connectivity index (χ0v) is 13.6. The van der Waals surface area contributed by atoms with Crippen LogP contribution in [0, 0.1) is 5.82 Å². The Bertz CT molecular complexity index is 792. The Balaban J connectivity index is 2.11. The Kier molecular flexibility index (Phi) is 5.30. The van der Waals surface area contributed by atoms with Crippen molar-refractivity contribution in [1.29, 1.82) is 0 Å². The molecule has 0 radical (unpaired) electrons. The molecule has 10 heteroatoms. The summed E-state index contributed by atoms with van der Waals surface area (Å²) in [5.74, 6) is -3.24. The number of nitrogens with one attached hydrogen (secondary N) is 1. The number of sulfonamides is 1. The Morgan fingerprint density at radius 2 is 2.08 bits per heavy atom. The first-order valence-electron chi connectivity index (χ1n) is 6.99. The molecule has 0 aliphatic carbocycles. The predicted molar refractivity (Wildman–Crippen MR) is 78.9 cm³/mol. The molecular weight excluding hydrogens is 343 g/mol. The van der Waals surface area contributed by atoms with E-state index in [-0.39, 0.29) is 23.8 Å². The zero-order valence-electron chi connectivity index (χ0n) is 12.7. The molecule has 1 aromatic carbocycles. The van der Waals surface area contributed by atoms with Gasteiger partial charge in [-0.05, 0) is 31.7 Å². The fourth-order valence-corrected chi connectivity index (χ4v) is 2.90. The third-order valence-corrected chi connectivity index (χ3v) is 4.85. The van der Waals surface area contributed by atoms with Gasteiger partial charge in [0.15, 0.2) is 6.61 Å². The molecule has 0 aromatic heterocycles. The molecular formula is C14H15FN2O6S. The summed E-state index contributed by atoms with van der Waals surface area (Å²) < 4.78 is 43.8. The number of ether oxygens (including phenoxy) is 1. The standard InChI is InChI=1S/C14H15FN2O6S/c1-16-24(21,22)9-4-5-11(15)10(7-9)14(20)23-8-13(19)17-6-2-3-12(17)18/h4-5,7,16H,2-3,6,8H2,1H3. The van der Waals surface area contributed by atoms with Crippen molar-refractivity contribution >= 4 is 27.8 Å². The smallest absolute Gasteiger partial charge is 0.341 e. The molecule has 0 unspecified atom stereocenters. The lowest BCUT2D eigenvalue weighted by atomic mass is 10.2. The second-order valence-electron chi connectivity index (χ2n) is 4.97. The molecule has 2 amide bonds. The number of carbonyl (C=O) groups is 3. The van der Waals surface area contributed by atoms with Crippen molar-refractivity contribution in [2.24, 2.45) is 0 Å². The number of hydrogen-bond acceptors (Lipinski definition) is 6. The molecule has 1 aliphatic heterocycles. The van der Waals surface area contributed by atoms with E-state index >= 15 is 0 Å². The van der Waals surface area contributed by atoms with Crippen LogP contribution in [0.5, 0.6) is 0 Å². The normalized spacial score (nSPS) is 14.8. The molecule has 1 N–H and O–H groups in total. The van der Waals surface area contributed by atoms with E-state index < -0.39 is 39.9 Å². The van der Waals surface area contributed by atoms with Crippen molar-refractivity contribution in [2.45, 2.75) is 17.7 Å². The summed E-state index contributed by atoms with van der Waals surface area (Å²) in [5.41, 5.74) is -0.619. The summed E-state index contributed by atoms with van der Waals surface area (Å²) >= 11 is 0. The summed E-state index contributed by atoms with van der Waals surface area (Å²) in [5, 5.41) is 0. The van der Waals surface area contributed by atoms with Crippen LogP contribution in [0.1, 0.15) is 23.2 Å². The maximum atomic E-state index is 13.7. The van der Waals surface area contributed by atoms with E-state index in [2.05, 4.69) is 0 Å². The van der Waals surface area contributed by atoms with Crippen LogP contribution in [-0.4, -0.2) is 51.3 Å². The van der Waals surface area contributed by atoms with E-state index in [0.29, 0.717) is 6.42 Å². The van der Waals surface area contributed by atoms with Gasteiger partial charge in [0.05, 0.1) is 10.5 Å². The number of esters is 1. The molecule has 0 atom stereocenters. The third kappa shape index (κ3) is 3.77. The number of hydrogen-bond donors (Lipinski definition) is 1. The molecule has 0 spiro atoms.